The number of allylic oxidation sites excluding steroid dienone is 1. The summed E-state index contributed by atoms with van der Waals surface area (Å²) in [6.45, 7) is 3.49. The minimum atomic E-state index is 0. The minimum absolute atomic E-state index is 0. The molecule has 1 saturated heterocycles. The number of likely N-dealkylation sites (tertiary alicyclic amines) is 1. The Bertz CT molecular complexity index is 1050. The van der Waals surface area contributed by atoms with E-state index in [2.05, 4.69) is 16.4 Å². The van der Waals surface area contributed by atoms with Crippen molar-refractivity contribution >= 4 is 29.3 Å². The molecule has 0 saturated carbocycles. The van der Waals surface area contributed by atoms with Crippen molar-refractivity contribution in [2.45, 2.75) is 33.6 Å². The standard InChI is InChI=1S/C23H23N3O3.CH4/c1-14-2-5-20(29-14)17-9-18-12-26(13-19(18)10-17)22(28)7-3-15-8-16-4-6-21(27)25-23(16)24-11-15;/h2-3,5,7-9,11,18-19H,4,6,10,12-13H2,1H3,(H,24,25,27);1H4/b7-3+;. The van der Waals surface area contributed by atoms with E-state index >= 15 is 0 Å². The molecule has 0 bridgehead atoms. The van der Waals surface area contributed by atoms with E-state index in [1.54, 1.807) is 12.3 Å². The van der Waals surface area contributed by atoms with Gasteiger partial charge in [0.05, 0.1) is 0 Å². The number of hydrogen-bond acceptors (Lipinski definition) is 4. The van der Waals surface area contributed by atoms with E-state index in [4.69, 9.17) is 4.42 Å². The van der Waals surface area contributed by atoms with Gasteiger partial charge >= 0.3 is 0 Å². The van der Waals surface area contributed by atoms with Crippen LogP contribution in [0.4, 0.5) is 5.82 Å². The maximum absolute atomic E-state index is 12.7. The number of aromatic nitrogens is 1. The van der Waals surface area contributed by atoms with Crippen molar-refractivity contribution in [1.82, 2.24) is 9.88 Å². The summed E-state index contributed by atoms with van der Waals surface area (Å²) in [6, 6.07) is 6.02. The Morgan fingerprint density at radius 3 is 2.93 bits per heavy atom. The second-order valence-corrected chi connectivity index (χ2v) is 8.13. The summed E-state index contributed by atoms with van der Waals surface area (Å²) in [7, 11) is 0. The predicted molar refractivity (Wildman–Crippen MR) is 117 cm³/mol. The number of aryl methyl sites for hydroxylation is 2. The Morgan fingerprint density at radius 2 is 2.17 bits per heavy atom. The van der Waals surface area contributed by atoms with E-state index in [0.29, 0.717) is 30.5 Å². The van der Waals surface area contributed by atoms with Gasteiger partial charge in [-0.05, 0) is 72.6 Å². The SMILES string of the molecule is C.Cc1ccc(C2=CC3CN(C(=O)/C=C/c4cnc5c(c4)CCC(=O)N5)CC3C2)o1. The monoisotopic (exact) mass is 405 g/mol. The third-order valence-corrected chi connectivity index (χ3v) is 6.04. The van der Waals surface area contributed by atoms with Crippen LogP contribution in [0.25, 0.3) is 11.6 Å². The van der Waals surface area contributed by atoms with Gasteiger partial charge in [-0.1, -0.05) is 13.5 Å². The van der Waals surface area contributed by atoms with E-state index in [-0.39, 0.29) is 19.2 Å². The average Bonchev–Trinajstić information content (AvgIpc) is 3.40. The maximum Gasteiger partial charge on any atom is 0.246 e. The van der Waals surface area contributed by atoms with Crippen LogP contribution < -0.4 is 5.32 Å². The van der Waals surface area contributed by atoms with Gasteiger partial charge in [-0.2, -0.15) is 0 Å². The topological polar surface area (TPSA) is 75.4 Å². The zero-order chi connectivity index (χ0) is 20.0. The van der Waals surface area contributed by atoms with E-state index in [9.17, 15) is 9.59 Å². The van der Waals surface area contributed by atoms with E-state index in [0.717, 1.165) is 42.2 Å². The van der Waals surface area contributed by atoms with Crippen molar-refractivity contribution in [3.05, 3.63) is 59.2 Å². The maximum atomic E-state index is 12.7. The Kier molecular flexibility index (Phi) is 5.33. The Balaban J connectivity index is 0.00000218. The summed E-state index contributed by atoms with van der Waals surface area (Å²) in [5, 5.41) is 2.77. The molecule has 1 fully saturated rings. The van der Waals surface area contributed by atoms with Gasteiger partial charge in [-0.15, -0.1) is 0 Å². The molecule has 0 spiro atoms. The molecule has 6 heteroatoms. The fourth-order valence-corrected chi connectivity index (χ4v) is 4.52. The summed E-state index contributed by atoms with van der Waals surface area (Å²) in [5.74, 6) is 3.44. The van der Waals surface area contributed by atoms with Crippen molar-refractivity contribution in [3.63, 3.8) is 0 Å². The number of carbonyl (C=O) groups is 2. The molecule has 2 amide bonds. The van der Waals surface area contributed by atoms with E-state index in [1.165, 1.54) is 5.57 Å². The molecule has 156 valence electrons. The number of pyridine rings is 1. The minimum Gasteiger partial charge on any atom is -0.462 e. The first-order valence-electron chi connectivity index (χ1n) is 10.1. The molecule has 5 rings (SSSR count). The number of nitrogens with one attached hydrogen (secondary N) is 1. The lowest BCUT2D eigenvalue weighted by Gasteiger charge is -2.16. The molecule has 4 heterocycles. The Morgan fingerprint density at radius 1 is 1.30 bits per heavy atom. The molecule has 1 aliphatic carbocycles. The Hall–Kier alpha value is -3.15. The van der Waals surface area contributed by atoms with Crippen molar-refractivity contribution < 1.29 is 14.0 Å². The van der Waals surface area contributed by atoms with Gasteiger partial charge in [0, 0.05) is 31.8 Å². The second kappa shape index (κ2) is 7.94. The van der Waals surface area contributed by atoms with Crippen molar-refractivity contribution in [2.75, 3.05) is 18.4 Å². The lowest BCUT2D eigenvalue weighted by atomic mass is 9.99. The molecule has 6 nitrogen and oxygen atoms in total. The third kappa shape index (κ3) is 3.82. The van der Waals surface area contributed by atoms with Gasteiger partial charge in [0.1, 0.15) is 17.3 Å². The fourth-order valence-electron chi connectivity index (χ4n) is 4.52. The first-order valence-corrected chi connectivity index (χ1v) is 10.1. The molecule has 2 unspecified atom stereocenters. The summed E-state index contributed by atoms with van der Waals surface area (Å²) in [6.07, 6.45) is 9.54. The summed E-state index contributed by atoms with van der Waals surface area (Å²) < 4.78 is 5.75. The van der Waals surface area contributed by atoms with Crippen LogP contribution in [0, 0.1) is 18.8 Å². The average molecular weight is 405 g/mol. The molecule has 0 radical (unpaired) electrons. The molecule has 3 aliphatic rings. The molecular formula is C24H27N3O3. The van der Waals surface area contributed by atoms with Crippen LogP contribution >= 0.6 is 0 Å². The van der Waals surface area contributed by atoms with Gasteiger partial charge in [-0.25, -0.2) is 4.98 Å². The summed E-state index contributed by atoms with van der Waals surface area (Å²) in [5.41, 5.74) is 3.16. The molecule has 2 aromatic heterocycles. The van der Waals surface area contributed by atoms with Gasteiger partial charge < -0.3 is 14.6 Å². The van der Waals surface area contributed by atoms with Crippen LogP contribution in [0.15, 0.2) is 41.0 Å². The quantitative estimate of drug-likeness (QED) is 0.781. The second-order valence-electron chi connectivity index (χ2n) is 8.13. The molecule has 1 N–H and O–H groups in total. The highest BCUT2D eigenvalue weighted by atomic mass is 16.3. The number of furan rings is 1. The normalized spacial score (nSPS) is 22.4. The highest BCUT2D eigenvalue weighted by molar-refractivity contribution is 5.94. The fraction of sp³-hybridized carbons (Fsp3) is 0.375. The number of carbonyl (C=O) groups excluding carboxylic acids is 2. The predicted octanol–water partition coefficient (Wildman–Crippen LogP) is 4.08. The van der Waals surface area contributed by atoms with E-state index in [1.807, 2.05) is 36.1 Å². The number of rotatable bonds is 3. The number of fused-ring (bicyclic) bond motifs is 2. The molecule has 0 aromatic carbocycles. The van der Waals surface area contributed by atoms with E-state index < -0.39 is 0 Å². The molecule has 2 aromatic rings. The first kappa shape index (κ1) is 20.1. The van der Waals surface area contributed by atoms with Crippen molar-refractivity contribution in [2.24, 2.45) is 11.8 Å². The lowest BCUT2D eigenvalue weighted by molar-refractivity contribution is -0.125. The van der Waals surface area contributed by atoms with Gasteiger partial charge in [0.15, 0.2) is 0 Å². The van der Waals surface area contributed by atoms with Crippen molar-refractivity contribution in [3.8, 4) is 0 Å². The number of amides is 2. The largest absolute Gasteiger partial charge is 0.462 e. The lowest BCUT2D eigenvalue weighted by Crippen LogP contribution is -2.27. The zero-order valence-corrected chi connectivity index (χ0v) is 16.4. The summed E-state index contributed by atoms with van der Waals surface area (Å²) in [4.78, 5) is 30.3. The third-order valence-electron chi connectivity index (χ3n) is 6.04. The number of anilines is 1. The first-order chi connectivity index (χ1) is 14.0. The van der Waals surface area contributed by atoms with Crippen LogP contribution in [-0.4, -0.2) is 34.8 Å². The Labute approximate surface area is 176 Å². The zero-order valence-electron chi connectivity index (χ0n) is 16.4. The van der Waals surface area contributed by atoms with Gasteiger partial charge in [0.25, 0.3) is 0 Å². The highest BCUT2D eigenvalue weighted by Crippen LogP contribution is 2.41. The molecule has 30 heavy (non-hydrogen) atoms. The van der Waals surface area contributed by atoms with Crippen LogP contribution in [-0.2, 0) is 16.0 Å². The summed E-state index contributed by atoms with van der Waals surface area (Å²) >= 11 is 0. The van der Waals surface area contributed by atoms with Gasteiger partial charge in [0.2, 0.25) is 11.8 Å². The highest BCUT2D eigenvalue weighted by Gasteiger charge is 2.38. The number of nitrogens with zero attached hydrogens (tertiary/aromatic N) is 2. The van der Waals surface area contributed by atoms with Crippen molar-refractivity contribution in [1.29, 1.82) is 0 Å². The van der Waals surface area contributed by atoms with Crippen LogP contribution in [0.5, 0.6) is 0 Å². The molecule has 2 aliphatic heterocycles. The van der Waals surface area contributed by atoms with Crippen LogP contribution in [0.1, 0.15) is 42.9 Å². The molecule has 2 atom stereocenters. The smallest absolute Gasteiger partial charge is 0.246 e. The van der Waals surface area contributed by atoms with Gasteiger partial charge in [-0.3, -0.25) is 9.59 Å². The molecular weight excluding hydrogens is 378 g/mol. The number of hydrogen-bond donors (Lipinski definition) is 1. The van der Waals surface area contributed by atoms with Crippen LogP contribution in [0.3, 0.4) is 0 Å². The van der Waals surface area contributed by atoms with Crippen LogP contribution in [0.2, 0.25) is 0 Å².